The van der Waals surface area contributed by atoms with E-state index in [4.69, 9.17) is 0 Å². The molecular formula is C16H26N+. The normalized spacial score (nSPS) is 14.2. The molecule has 1 heteroatoms. The van der Waals surface area contributed by atoms with E-state index in [1.165, 1.54) is 31.4 Å². The lowest BCUT2D eigenvalue weighted by Crippen LogP contribution is -2.44. The van der Waals surface area contributed by atoms with Gasteiger partial charge in [-0.3, -0.25) is 0 Å². The Balaban J connectivity index is 2.60. The molecule has 0 saturated heterocycles. The molecule has 0 saturated carbocycles. The SMILES string of the molecule is C=CC[N+](C)(CCCCC)Cc1ccccc1. The fourth-order valence-corrected chi connectivity index (χ4v) is 2.31. The van der Waals surface area contributed by atoms with Gasteiger partial charge in [0.15, 0.2) is 0 Å². The van der Waals surface area contributed by atoms with Crippen molar-refractivity contribution >= 4 is 0 Å². The van der Waals surface area contributed by atoms with Crippen LogP contribution >= 0.6 is 0 Å². The van der Waals surface area contributed by atoms with Crippen molar-refractivity contribution in [3.8, 4) is 0 Å². The van der Waals surface area contributed by atoms with Gasteiger partial charge in [-0.05, 0) is 18.9 Å². The average molecular weight is 232 g/mol. The first-order valence-electron chi connectivity index (χ1n) is 6.68. The molecule has 0 radical (unpaired) electrons. The van der Waals surface area contributed by atoms with Crippen molar-refractivity contribution in [2.75, 3.05) is 20.1 Å². The molecule has 0 aliphatic carbocycles. The molecular weight excluding hydrogens is 206 g/mol. The Labute approximate surface area is 106 Å². The fourth-order valence-electron chi connectivity index (χ4n) is 2.31. The highest BCUT2D eigenvalue weighted by Crippen LogP contribution is 2.14. The van der Waals surface area contributed by atoms with Gasteiger partial charge in [0.25, 0.3) is 0 Å². The summed E-state index contributed by atoms with van der Waals surface area (Å²) in [6, 6.07) is 10.8. The fraction of sp³-hybridized carbons (Fsp3) is 0.500. The van der Waals surface area contributed by atoms with Crippen LogP contribution in [0.25, 0.3) is 0 Å². The van der Waals surface area contributed by atoms with Crippen LogP contribution in [-0.4, -0.2) is 24.6 Å². The Morgan fingerprint density at radius 3 is 2.47 bits per heavy atom. The van der Waals surface area contributed by atoms with E-state index >= 15 is 0 Å². The van der Waals surface area contributed by atoms with Crippen molar-refractivity contribution in [2.45, 2.75) is 32.7 Å². The molecule has 17 heavy (non-hydrogen) atoms. The number of hydrogen-bond donors (Lipinski definition) is 0. The van der Waals surface area contributed by atoms with Crippen LogP contribution in [0.15, 0.2) is 43.0 Å². The zero-order valence-corrected chi connectivity index (χ0v) is 11.4. The average Bonchev–Trinajstić information content (AvgIpc) is 2.31. The van der Waals surface area contributed by atoms with E-state index in [2.05, 4.69) is 57.0 Å². The summed E-state index contributed by atoms with van der Waals surface area (Å²) in [5.41, 5.74) is 1.42. The molecule has 0 fully saturated rings. The van der Waals surface area contributed by atoms with Crippen molar-refractivity contribution in [3.05, 3.63) is 48.6 Å². The monoisotopic (exact) mass is 232 g/mol. The Morgan fingerprint density at radius 1 is 1.18 bits per heavy atom. The summed E-state index contributed by atoms with van der Waals surface area (Å²) in [6.07, 6.45) is 5.99. The van der Waals surface area contributed by atoms with Gasteiger partial charge in [-0.1, -0.05) is 50.3 Å². The molecule has 1 nitrogen and oxygen atoms in total. The summed E-state index contributed by atoms with van der Waals surface area (Å²) in [5, 5.41) is 0. The number of unbranched alkanes of at least 4 members (excludes halogenated alkanes) is 2. The van der Waals surface area contributed by atoms with Crippen molar-refractivity contribution in [1.29, 1.82) is 0 Å². The molecule has 0 aliphatic rings. The summed E-state index contributed by atoms with van der Waals surface area (Å²) in [7, 11) is 2.34. The number of rotatable bonds is 8. The third kappa shape index (κ3) is 5.18. The van der Waals surface area contributed by atoms with E-state index < -0.39 is 0 Å². The number of likely N-dealkylation sites (N-methyl/N-ethyl adjacent to an activating group) is 1. The van der Waals surface area contributed by atoms with Gasteiger partial charge in [0.05, 0.1) is 20.1 Å². The van der Waals surface area contributed by atoms with Crippen LogP contribution in [0.4, 0.5) is 0 Å². The van der Waals surface area contributed by atoms with E-state index in [1.807, 2.05) is 0 Å². The number of nitrogens with zero attached hydrogens (tertiary/aromatic N) is 1. The molecule has 1 aromatic rings. The lowest BCUT2D eigenvalue weighted by molar-refractivity contribution is -0.917. The number of quaternary nitrogens is 1. The summed E-state index contributed by atoms with van der Waals surface area (Å²) in [5.74, 6) is 0. The second-order valence-corrected chi connectivity index (χ2v) is 5.17. The molecule has 0 N–H and O–H groups in total. The lowest BCUT2D eigenvalue weighted by atomic mass is 10.1. The van der Waals surface area contributed by atoms with Gasteiger partial charge in [-0.25, -0.2) is 0 Å². The van der Waals surface area contributed by atoms with Crippen LogP contribution in [0.1, 0.15) is 31.7 Å². The van der Waals surface area contributed by atoms with E-state index in [9.17, 15) is 0 Å². The summed E-state index contributed by atoms with van der Waals surface area (Å²) >= 11 is 0. The van der Waals surface area contributed by atoms with Gasteiger partial charge in [0.1, 0.15) is 6.54 Å². The number of hydrogen-bond acceptors (Lipinski definition) is 0. The smallest absolute Gasteiger partial charge is 0.104 e. The van der Waals surface area contributed by atoms with Crippen LogP contribution in [-0.2, 0) is 6.54 Å². The quantitative estimate of drug-likeness (QED) is 0.361. The minimum atomic E-state index is 1.05. The zero-order valence-electron chi connectivity index (χ0n) is 11.4. The van der Waals surface area contributed by atoms with Crippen molar-refractivity contribution in [3.63, 3.8) is 0 Å². The third-order valence-corrected chi connectivity index (χ3v) is 3.28. The topological polar surface area (TPSA) is 0 Å². The summed E-state index contributed by atoms with van der Waals surface area (Å²) in [4.78, 5) is 0. The third-order valence-electron chi connectivity index (χ3n) is 3.28. The van der Waals surface area contributed by atoms with Gasteiger partial charge in [0, 0.05) is 5.56 Å². The highest BCUT2D eigenvalue weighted by molar-refractivity contribution is 5.13. The van der Waals surface area contributed by atoms with E-state index in [0.29, 0.717) is 0 Å². The van der Waals surface area contributed by atoms with Crippen molar-refractivity contribution in [2.24, 2.45) is 0 Å². The molecule has 1 rings (SSSR count). The van der Waals surface area contributed by atoms with Crippen molar-refractivity contribution < 1.29 is 4.48 Å². The largest absolute Gasteiger partial charge is 0.319 e. The predicted molar refractivity (Wildman–Crippen MR) is 75.8 cm³/mol. The van der Waals surface area contributed by atoms with E-state index in [1.54, 1.807) is 0 Å². The molecule has 1 atom stereocenters. The van der Waals surface area contributed by atoms with Gasteiger partial charge in [-0.15, -0.1) is 0 Å². The lowest BCUT2D eigenvalue weighted by Gasteiger charge is -2.33. The molecule has 1 unspecified atom stereocenters. The van der Waals surface area contributed by atoms with Crippen molar-refractivity contribution in [1.82, 2.24) is 0 Å². The minimum Gasteiger partial charge on any atom is -0.319 e. The maximum atomic E-state index is 3.90. The Morgan fingerprint density at radius 2 is 1.88 bits per heavy atom. The molecule has 0 heterocycles. The van der Waals surface area contributed by atoms with Gasteiger partial charge in [0.2, 0.25) is 0 Å². The first-order chi connectivity index (χ1) is 8.20. The van der Waals surface area contributed by atoms with E-state index in [-0.39, 0.29) is 0 Å². The zero-order chi connectivity index (χ0) is 12.6. The van der Waals surface area contributed by atoms with Gasteiger partial charge in [-0.2, -0.15) is 0 Å². The van der Waals surface area contributed by atoms with Crippen LogP contribution in [0.2, 0.25) is 0 Å². The second kappa shape index (κ2) is 7.29. The second-order valence-electron chi connectivity index (χ2n) is 5.17. The maximum absolute atomic E-state index is 3.90. The Hall–Kier alpha value is -1.08. The van der Waals surface area contributed by atoms with Crippen LogP contribution in [0.3, 0.4) is 0 Å². The Bertz CT molecular complexity index is 318. The van der Waals surface area contributed by atoms with E-state index in [0.717, 1.165) is 17.6 Å². The summed E-state index contributed by atoms with van der Waals surface area (Å²) in [6.45, 7) is 9.57. The molecule has 94 valence electrons. The highest BCUT2D eigenvalue weighted by Gasteiger charge is 2.19. The summed E-state index contributed by atoms with van der Waals surface area (Å²) < 4.78 is 1.08. The van der Waals surface area contributed by atoms with Crippen LogP contribution in [0, 0.1) is 0 Å². The highest BCUT2D eigenvalue weighted by atomic mass is 15.3. The van der Waals surface area contributed by atoms with Gasteiger partial charge >= 0.3 is 0 Å². The minimum absolute atomic E-state index is 1.05. The molecule has 0 bridgehead atoms. The molecule has 1 aromatic carbocycles. The maximum Gasteiger partial charge on any atom is 0.104 e. The molecule has 0 aromatic heterocycles. The number of benzene rings is 1. The Kier molecular flexibility index (Phi) is 5.99. The first kappa shape index (κ1) is 14.0. The van der Waals surface area contributed by atoms with Crippen LogP contribution < -0.4 is 0 Å². The first-order valence-corrected chi connectivity index (χ1v) is 6.68. The predicted octanol–water partition coefficient (Wildman–Crippen LogP) is 4.01. The van der Waals surface area contributed by atoms with Gasteiger partial charge < -0.3 is 4.48 Å². The molecule has 0 spiro atoms. The van der Waals surface area contributed by atoms with Crippen LogP contribution in [0.5, 0.6) is 0 Å². The standard InChI is InChI=1S/C16H26N/c1-4-6-10-14-17(3,13-5-2)15-16-11-8-7-9-12-16/h5,7-9,11-12H,2,4,6,10,13-15H2,1,3H3/q+1. The molecule has 0 aliphatic heterocycles. The molecule has 0 amide bonds.